The van der Waals surface area contributed by atoms with E-state index < -0.39 is 0 Å². The van der Waals surface area contributed by atoms with Gasteiger partial charge in [-0.2, -0.15) is 0 Å². The maximum atomic E-state index is 11.6. The van der Waals surface area contributed by atoms with Gasteiger partial charge in [0.15, 0.2) is 0 Å². The largest absolute Gasteiger partial charge is 0.355 e. The minimum atomic E-state index is -0.287. The fourth-order valence-corrected chi connectivity index (χ4v) is 2.16. The van der Waals surface area contributed by atoms with Crippen molar-refractivity contribution in [2.24, 2.45) is 0 Å². The van der Waals surface area contributed by atoms with Gasteiger partial charge >= 0.3 is 0 Å². The van der Waals surface area contributed by atoms with Crippen molar-refractivity contribution in [2.45, 2.75) is 64.8 Å². The maximum Gasteiger partial charge on any atom is 0.229 e. The second-order valence-corrected chi connectivity index (χ2v) is 6.18. The van der Waals surface area contributed by atoms with E-state index in [0.717, 1.165) is 19.3 Å². The Morgan fingerprint density at radius 2 is 1.95 bits per heavy atom. The Morgan fingerprint density at radius 1 is 1.21 bits per heavy atom. The molecule has 0 radical (unpaired) electrons. The Morgan fingerprint density at radius 3 is 2.53 bits per heavy atom. The van der Waals surface area contributed by atoms with Gasteiger partial charge in [0.05, 0.1) is 0 Å². The number of carbonyl (C=O) groups excluding carboxylic acids is 2. The van der Waals surface area contributed by atoms with E-state index in [9.17, 15) is 9.59 Å². The van der Waals surface area contributed by atoms with Crippen LogP contribution in [0.3, 0.4) is 0 Å². The lowest BCUT2D eigenvalue weighted by Crippen LogP contribution is -2.42. The van der Waals surface area contributed by atoms with Crippen molar-refractivity contribution in [2.75, 3.05) is 6.54 Å². The summed E-state index contributed by atoms with van der Waals surface area (Å²) < 4.78 is 0. The zero-order valence-corrected chi connectivity index (χ0v) is 12.3. The maximum absolute atomic E-state index is 11.6. The van der Waals surface area contributed by atoms with Gasteiger partial charge in [0.1, 0.15) is 6.42 Å². The van der Waals surface area contributed by atoms with E-state index in [1.807, 2.05) is 20.8 Å². The van der Waals surface area contributed by atoms with Gasteiger partial charge in [0, 0.05) is 12.1 Å². The highest BCUT2D eigenvalue weighted by atomic mass is 16.2. The summed E-state index contributed by atoms with van der Waals surface area (Å²) in [6.45, 7) is 6.34. The molecule has 0 aromatic carbocycles. The molecule has 4 heteroatoms. The fraction of sp³-hybridized carbons (Fsp3) is 0.733. The standard InChI is InChI=1S/C15H26N2O2/c1-15(2,3)17-14(19)11-13(18)16-10-9-12-7-5-4-6-8-12/h7H,4-6,8-11H2,1-3H3,(H,16,18)(H,17,19). The average Bonchev–Trinajstić information content (AvgIpc) is 2.27. The second-order valence-electron chi connectivity index (χ2n) is 6.18. The molecule has 0 heterocycles. The van der Waals surface area contributed by atoms with Gasteiger partial charge < -0.3 is 10.6 Å². The molecular formula is C15H26N2O2. The van der Waals surface area contributed by atoms with Crippen LogP contribution in [0.1, 0.15) is 59.3 Å². The highest BCUT2D eigenvalue weighted by Crippen LogP contribution is 2.19. The molecular weight excluding hydrogens is 240 g/mol. The first kappa shape index (κ1) is 15.7. The van der Waals surface area contributed by atoms with Crippen LogP contribution in [-0.4, -0.2) is 23.9 Å². The van der Waals surface area contributed by atoms with Crippen LogP contribution < -0.4 is 10.6 Å². The lowest BCUT2D eigenvalue weighted by Gasteiger charge is -2.20. The molecule has 108 valence electrons. The van der Waals surface area contributed by atoms with Crippen molar-refractivity contribution >= 4 is 11.8 Å². The summed E-state index contributed by atoms with van der Waals surface area (Å²) in [4.78, 5) is 23.1. The van der Waals surface area contributed by atoms with Gasteiger partial charge in [-0.05, 0) is 52.9 Å². The van der Waals surface area contributed by atoms with Crippen LogP contribution in [0.5, 0.6) is 0 Å². The van der Waals surface area contributed by atoms with Crippen LogP contribution in [-0.2, 0) is 9.59 Å². The average molecular weight is 266 g/mol. The van der Waals surface area contributed by atoms with E-state index in [0.29, 0.717) is 6.54 Å². The molecule has 1 rings (SSSR count). The molecule has 0 aromatic heterocycles. The number of rotatable bonds is 5. The highest BCUT2D eigenvalue weighted by Gasteiger charge is 2.16. The van der Waals surface area contributed by atoms with Gasteiger partial charge in [-0.25, -0.2) is 0 Å². The van der Waals surface area contributed by atoms with Gasteiger partial charge in [-0.15, -0.1) is 0 Å². The van der Waals surface area contributed by atoms with Crippen molar-refractivity contribution in [3.8, 4) is 0 Å². The predicted octanol–water partition coefficient (Wildman–Crippen LogP) is 2.30. The molecule has 2 N–H and O–H groups in total. The predicted molar refractivity (Wildman–Crippen MR) is 76.7 cm³/mol. The molecule has 1 aliphatic rings. The summed E-state index contributed by atoms with van der Waals surface area (Å²) in [5.74, 6) is -0.417. The summed E-state index contributed by atoms with van der Waals surface area (Å²) in [5, 5.41) is 5.58. The third-order valence-corrected chi connectivity index (χ3v) is 2.99. The third kappa shape index (κ3) is 7.65. The third-order valence-electron chi connectivity index (χ3n) is 2.99. The summed E-state index contributed by atoms with van der Waals surface area (Å²) in [7, 11) is 0. The summed E-state index contributed by atoms with van der Waals surface area (Å²) in [6.07, 6.45) is 7.96. The van der Waals surface area contributed by atoms with E-state index >= 15 is 0 Å². The zero-order chi connectivity index (χ0) is 14.3. The van der Waals surface area contributed by atoms with Gasteiger partial charge in [-0.1, -0.05) is 11.6 Å². The quantitative estimate of drug-likeness (QED) is 0.592. The SMILES string of the molecule is CC(C)(C)NC(=O)CC(=O)NCCC1=CCCCC1. The van der Waals surface area contributed by atoms with Crippen LogP contribution in [0.25, 0.3) is 0 Å². The first-order chi connectivity index (χ1) is 8.87. The second kappa shape index (κ2) is 7.31. The van der Waals surface area contributed by atoms with E-state index in [-0.39, 0.29) is 23.8 Å². The number of amides is 2. The van der Waals surface area contributed by atoms with Gasteiger partial charge in [0.25, 0.3) is 0 Å². The first-order valence-electron chi connectivity index (χ1n) is 7.12. The number of nitrogens with one attached hydrogen (secondary N) is 2. The molecule has 0 saturated heterocycles. The van der Waals surface area contributed by atoms with E-state index in [1.54, 1.807) is 0 Å². The van der Waals surface area contributed by atoms with Crippen LogP contribution >= 0.6 is 0 Å². The molecule has 4 nitrogen and oxygen atoms in total. The minimum absolute atomic E-state index is 0.0870. The molecule has 0 atom stereocenters. The normalized spacial score (nSPS) is 15.6. The summed E-state index contributed by atoms with van der Waals surface area (Å²) in [5.41, 5.74) is 1.15. The van der Waals surface area contributed by atoms with Gasteiger partial charge in [-0.3, -0.25) is 9.59 Å². The highest BCUT2D eigenvalue weighted by molar-refractivity contribution is 5.97. The van der Waals surface area contributed by atoms with Crippen LogP contribution in [0.2, 0.25) is 0 Å². The fourth-order valence-electron chi connectivity index (χ4n) is 2.16. The number of hydrogen-bond donors (Lipinski definition) is 2. The van der Waals surface area contributed by atoms with Crippen LogP contribution in [0, 0.1) is 0 Å². The van der Waals surface area contributed by atoms with Crippen molar-refractivity contribution in [1.82, 2.24) is 10.6 Å². The Labute approximate surface area is 116 Å². The Hall–Kier alpha value is -1.32. The van der Waals surface area contributed by atoms with Crippen molar-refractivity contribution in [1.29, 1.82) is 0 Å². The number of allylic oxidation sites excluding steroid dienone is 1. The smallest absolute Gasteiger partial charge is 0.229 e. The molecule has 0 spiro atoms. The first-order valence-corrected chi connectivity index (χ1v) is 7.12. The number of hydrogen-bond acceptors (Lipinski definition) is 2. The Balaban J connectivity index is 2.17. The Kier molecular flexibility index (Phi) is 6.06. The molecule has 0 saturated carbocycles. The van der Waals surface area contributed by atoms with Crippen LogP contribution in [0.15, 0.2) is 11.6 Å². The van der Waals surface area contributed by atoms with E-state index in [4.69, 9.17) is 0 Å². The molecule has 0 unspecified atom stereocenters. The number of carbonyl (C=O) groups is 2. The van der Waals surface area contributed by atoms with Crippen LogP contribution in [0.4, 0.5) is 0 Å². The van der Waals surface area contributed by atoms with Crippen molar-refractivity contribution < 1.29 is 9.59 Å². The summed E-state index contributed by atoms with van der Waals surface area (Å²) >= 11 is 0. The molecule has 0 fully saturated rings. The lowest BCUT2D eigenvalue weighted by atomic mass is 9.97. The summed E-state index contributed by atoms with van der Waals surface area (Å²) in [6, 6.07) is 0. The molecule has 1 aliphatic carbocycles. The topological polar surface area (TPSA) is 58.2 Å². The molecule has 19 heavy (non-hydrogen) atoms. The van der Waals surface area contributed by atoms with Crippen molar-refractivity contribution in [3.05, 3.63) is 11.6 Å². The monoisotopic (exact) mass is 266 g/mol. The lowest BCUT2D eigenvalue weighted by molar-refractivity contribution is -0.130. The Bertz CT molecular complexity index is 354. The minimum Gasteiger partial charge on any atom is -0.355 e. The molecule has 2 amide bonds. The zero-order valence-electron chi connectivity index (χ0n) is 12.3. The molecule has 0 aliphatic heterocycles. The molecule has 0 aromatic rings. The van der Waals surface area contributed by atoms with E-state index in [2.05, 4.69) is 16.7 Å². The van der Waals surface area contributed by atoms with E-state index in [1.165, 1.54) is 18.4 Å². The van der Waals surface area contributed by atoms with Gasteiger partial charge in [0.2, 0.25) is 11.8 Å². The van der Waals surface area contributed by atoms with Crippen molar-refractivity contribution in [3.63, 3.8) is 0 Å². The molecule has 0 bridgehead atoms.